The van der Waals surface area contributed by atoms with Gasteiger partial charge in [0.2, 0.25) is 0 Å². The van der Waals surface area contributed by atoms with Gasteiger partial charge in [-0.1, -0.05) is 0 Å². The van der Waals surface area contributed by atoms with E-state index < -0.39 is 5.97 Å². The lowest BCUT2D eigenvalue weighted by Crippen LogP contribution is -2.49. The Hall–Kier alpha value is -2.50. The zero-order valence-corrected chi connectivity index (χ0v) is 15.9. The normalized spacial score (nSPS) is 20.1. The van der Waals surface area contributed by atoms with Crippen molar-refractivity contribution in [3.05, 3.63) is 29.8 Å². The van der Waals surface area contributed by atoms with E-state index >= 15 is 0 Å². The zero-order valence-electron chi connectivity index (χ0n) is 15.9. The minimum atomic E-state index is -0.569. The highest BCUT2D eigenvalue weighted by molar-refractivity contribution is 5.90. The second kappa shape index (κ2) is 9.27. The quantitative estimate of drug-likeness (QED) is 0.576. The molecule has 6 heteroatoms. The van der Waals surface area contributed by atoms with Crippen molar-refractivity contribution in [2.45, 2.75) is 45.2 Å². The third-order valence-corrected chi connectivity index (χ3v) is 4.66. The molecule has 26 heavy (non-hydrogen) atoms. The molecule has 1 aromatic rings. The molecule has 1 aliphatic rings. The predicted molar refractivity (Wildman–Crippen MR) is 99.2 cm³/mol. The molecule has 0 N–H and O–H groups in total. The molecule has 0 bridgehead atoms. The maximum atomic E-state index is 12.4. The predicted octanol–water partition coefficient (Wildman–Crippen LogP) is 3.05. The van der Waals surface area contributed by atoms with Crippen molar-refractivity contribution < 1.29 is 23.8 Å². The number of likely N-dealkylation sites (tertiary alicyclic amines) is 1. The summed E-state index contributed by atoms with van der Waals surface area (Å²) in [5.74, 6) is 0.551. The summed E-state index contributed by atoms with van der Waals surface area (Å²) < 4.78 is 15.5. The van der Waals surface area contributed by atoms with E-state index in [0.717, 1.165) is 19.3 Å². The van der Waals surface area contributed by atoms with Crippen LogP contribution in [0.4, 0.5) is 0 Å². The van der Waals surface area contributed by atoms with Crippen molar-refractivity contribution in [3.8, 4) is 11.5 Å². The number of esters is 1. The zero-order chi connectivity index (χ0) is 19.1. The molecule has 6 nitrogen and oxygen atoms in total. The fourth-order valence-corrected chi connectivity index (χ4v) is 3.30. The Labute approximate surface area is 154 Å². The number of carbonyl (C=O) groups excluding carboxylic acids is 2. The van der Waals surface area contributed by atoms with Gasteiger partial charge < -0.3 is 19.1 Å². The van der Waals surface area contributed by atoms with Crippen LogP contribution in [0, 0.1) is 0 Å². The smallest absolute Gasteiger partial charge is 0.331 e. The number of amides is 1. The van der Waals surface area contributed by atoms with E-state index in [9.17, 15) is 9.59 Å². The van der Waals surface area contributed by atoms with Gasteiger partial charge in [0.1, 0.15) is 11.5 Å². The third-order valence-electron chi connectivity index (χ3n) is 4.66. The molecule has 0 radical (unpaired) electrons. The number of benzene rings is 1. The average molecular weight is 361 g/mol. The molecular formula is C20H27NO5. The van der Waals surface area contributed by atoms with Crippen molar-refractivity contribution in [1.82, 2.24) is 4.90 Å². The van der Waals surface area contributed by atoms with E-state index in [1.165, 1.54) is 6.08 Å². The van der Waals surface area contributed by atoms with E-state index in [-0.39, 0.29) is 24.6 Å². The highest BCUT2D eigenvalue weighted by atomic mass is 16.5. The number of ether oxygens (including phenoxy) is 3. The molecule has 1 fully saturated rings. The lowest BCUT2D eigenvalue weighted by atomic mass is 9.97. The van der Waals surface area contributed by atoms with E-state index in [4.69, 9.17) is 14.2 Å². The lowest BCUT2D eigenvalue weighted by molar-refractivity contribution is -0.151. The highest BCUT2D eigenvalue weighted by Crippen LogP contribution is 2.25. The van der Waals surface area contributed by atoms with Gasteiger partial charge in [-0.15, -0.1) is 0 Å². The molecule has 1 heterocycles. The molecule has 0 aromatic heterocycles. The molecule has 1 aromatic carbocycles. The summed E-state index contributed by atoms with van der Waals surface area (Å²) in [6.07, 6.45) is 5.96. The van der Waals surface area contributed by atoms with Crippen molar-refractivity contribution in [3.63, 3.8) is 0 Å². The van der Waals surface area contributed by atoms with Crippen LogP contribution in [0.3, 0.4) is 0 Å². The molecule has 0 spiro atoms. The van der Waals surface area contributed by atoms with Crippen molar-refractivity contribution in [2.24, 2.45) is 0 Å². The molecule has 0 unspecified atom stereocenters. The van der Waals surface area contributed by atoms with Crippen LogP contribution < -0.4 is 9.47 Å². The maximum absolute atomic E-state index is 12.4. The number of rotatable bonds is 6. The van der Waals surface area contributed by atoms with E-state index in [2.05, 4.69) is 0 Å². The number of nitrogens with zero attached hydrogens (tertiary/aromatic N) is 1. The highest BCUT2D eigenvalue weighted by Gasteiger charge is 2.29. The van der Waals surface area contributed by atoms with Crippen LogP contribution in [0.5, 0.6) is 11.5 Å². The summed E-state index contributed by atoms with van der Waals surface area (Å²) in [6, 6.07) is 5.65. The van der Waals surface area contributed by atoms with Crippen LogP contribution in [0.15, 0.2) is 24.3 Å². The van der Waals surface area contributed by atoms with Gasteiger partial charge in [0.05, 0.1) is 14.2 Å². The van der Waals surface area contributed by atoms with Crippen LogP contribution in [-0.2, 0) is 14.3 Å². The minimum absolute atomic E-state index is 0.148. The lowest BCUT2D eigenvalue weighted by Gasteiger charge is -2.38. The maximum Gasteiger partial charge on any atom is 0.331 e. The Morgan fingerprint density at radius 3 is 2.46 bits per heavy atom. The first kappa shape index (κ1) is 19.8. The van der Waals surface area contributed by atoms with Crippen LogP contribution >= 0.6 is 0 Å². The van der Waals surface area contributed by atoms with Crippen molar-refractivity contribution in [1.29, 1.82) is 0 Å². The number of hydrogen-bond donors (Lipinski definition) is 0. The molecular weight excluding hydrogens is 334 g/mol. The minimum Gasteiger partial charge on any atom is -0.497 e. The fraction of sp³-hybridized carbons (Fsp3) is 0.500. The van der Waals surface area contributed by atoms with Crippen molar-refractivity contribution >= 4 is 18.0 Å². The number of hydrogen-bond acceptors (Lipinski definition) is 5. The van der Waals surface area contributed by atoms with E-state index in [0.29, 0.717) is 17.1 Å². The first-order valence-electron chi connectivity index (χ1n) is 8.84. The van der Waals surface area contributed by atoms with Crippen molar-refractivity contribution in [2.75, 3.05) is 20.8 Å². The van der Waals surface area contributed by atoms with Gasteiger partial charge in [-0.2, -0.15) is 0 Å². The summed E-state index contributed by atoms with van der Waals surface area (Å²) in [5.41, 5.74) is 0.688. The first-order valence-corrected chi connectivity index (χ1v) is 8.84. The van der Waals surface area contributed by atoms with Crippen LogP contribution in [0.25, 0.3) is 6.08 Å². The van der Waals surface area contributed by atoms with Gasteiger partial charge in [-0.3, -0.25) is 4.79 Å². The van der Waals surface area contributed by atoms with Gasteiger partial charge in [-0.05, 0) is 57.4 Å². The van der Waals surface area contributed by atoms with E-state index in [1.807, 2.05) is 18.7 Å². The van der Waals surface area contributed by atoms with Crippen LogP contribution in [0.2, 0.25) is 0 Å². The Balaban J connectivity index is 1.94. The summed E-state index contributed by atoms with van der Waals surface area (Å²) >= 11 is 0. The molecule has 0 aliphatic carbocycles. The summed E-state index contributed by atoms with van der Waals surface area (Å²) in [5, 5.41) is 0. The number of methoxy groups -OCH3 is 2. The number of piperidine rings is 1. The largest absolute Gasteiger partial charge is 0.497 e. The Morgan fingerprint density at radius 1 is 1.15 bits per heavy atom. The SMILES string of the molecule is COc1ccc(OC)c(/C=C/C(=O)OCC(=O)N2[C@H](C)CCC[C@@H]2C)c1. The van der Waals surface area contributed by atoms with Gasteiger partial charge in [0, 0.05) is 23.7 Å². The van der Waals surface area contributed by atoms with Crippen LogP contribution in [0.1, 0.15) is 38.7 Å². The van der Waals surface area contributed by atoms with E-state index in [1.54, 1.807) is 38.5 Å². The second-order valence-corrected chi connectivity index (χ2v) is 6.48. The van der Waals surface area contributed by atoms with Gasteiger partial charge in [0.15, 0.2) is 6.61 Å². The Kier molecular flexibility index (Phi) is 7.06. The first-order chi connectivity index (χ1) is 12.5. The standard InChI is InChI=1S/C20H27NO5/c1-14-6-5-7-15(2)21(14)19(22)13-26-20(23)11-8-16-12-17(24-3)9-10-18(16)25-4/h8-12,14-15H,5-7,13H2,1-4H3/b11-8+/t14-,15+. The molecule has 1 aliphatic heterocycles. The van der Waals surface area contributed by atoms with Crippen LogP contribution in [-0.4, -0.2) is 49.7 Å². The summed E-state index contributed by atoms with van der Waals surface area (Å²) in [7, 11) is 3.12. The molecule has 1 saturated heterocycles. The Bertz CT molecular complexity index is 660. The number of carbonyl (C=O) groups is 2. The topological polar surface area (TPSA) is 65.1 Å². The van der Waals surface area contributed by atoms with Gasteiger partial charge in [-0.25, -0.2) is 4.79 Å². The Morgan fingerprint density at radius 2 is 1.85 bits per heavy atom. The fourth-order valence-electron chi connectivity index (χ4n) is 3.30. The van der Waals surface area contributed by atoms with Gasteiger partial charge in [0.25, 0.3) is 5.91 Å². The molecule has 1 amide bonds. The molecule has 2 rings (SSSR count). The van der Waals surface area contributed by atoms with Gasteiger partial charge >= 0.3 is 5.97 Å². The summed E-state index contributed by atoms with van der Waals surface area (Å²) in [4.78, 5) is 26.2. The molecule has 0 saturated carbocycles. The molecule has 2 atom stereocenters. The second-order valence-electron chi connectivity index (χ2n) is 6.48. The third kappa shape index (κ3) is 5.00. The molecule has 142 valence electrons. The average Bonchev–Trinajstić information content (AvgIpc) is 2.64. The summed E-state index contributed by atoms with van der Waals surface area (Å²) in [6.45, 7) is 3.82. The monoisotopic (exact) mass is 361 g/mol.